The summed E-state index contributed by atoms with van der Waals surface area (Å²) in [5.74, 6) is 0. The lowest BCUT2D eigenvalue weighted by molar-refractivity contribution is 0.677. The molecule has 0 aromatic rings. The van der Waals surface area contributed by atoms with E-state index in [1.807, 2.05) is 0 Å². The molecule has 0 unspecified atom stereocenters. The van der Waals surface area contributed by atoms with Crippen LogP contribution in [0.3, 0.4) is 0 Å². The first-order valence-corrected chi connectivity index (χ1v) is 5.14. The fraction of sp³-hybridized carbons (Fsp3) is 0.538. The van der Waals surface area contributed by atoms with Gasteiger partial charge in [-0.3, -0.25) is 0 Å². The number of rotatable bonds is 2. The van der Waals surface area contributed by atoms with E-state index in [1.165, 1.54) is 31.3 Å². The molecule has 0 aromatic heterocycles. The Kier molecular flexibility index (Phi) is 3.53. The molecule has 0 amide bonds. The van der Waals surface area contributed by atoms with Crippen LogP contribution in [0.5, 0.6) is 0 Å². The molecule has 0 bridgehead atoms. The summed E-state index contributed by atoms with van der Waals surface area (Å²) in [6, 6.07) is 0. The van der Waals surface area contributed by atoms with Gasteiger partial charge in [0.2, 0.25) is 0 Å². The second kappa shape index (κ2) is 4.45. The number of hydrogen-bond donors (Lipinski definition) is 0. The van der Waals surface area contributed by atoms with Crippen molar-refractivity contribution in [2.24, 2.45) is 0 Å². The summed E-state index contributed by atoms with van der Waals surface area (Å²) in [5.41, 5.74) is 5.74. The highest BCUT2D eigenvalue weighted by Gasteiger charge is 2.09. The quantitative estimate of drug-likeness (QED) is 0.547. The molecule has 0 heteroatoms. The molecular weight excluding hydrogens is 156 g/mol. The molecule has 1 aliphatic rings. The molecule has 0 heterocycles. The van der Waals surface area contributed by atoms with Gasteiger partial charge in [0, 0.05) is 0 Å². The van der Waals surface area contributed by atoms with Crippen molar-refractivity contribution in [1.82, 2.24) is 0 Å². The molecule has 1 aliphatic carbocycles. The van der Waals surface area contributed by atoms with Crippen LogP contribution >= 0.6 is 0 Å². The van der Waals surface area contributed by atoms with Crippen LogP contribution in [-0.4, -0.2) is 0 Å². The molecule has 1 rings (SSSR count). The molecule has 0 fully saturated rings. The summed E-state index contributed by atoms with van der Waals surface area (Å²) < 4.78 is 0. The molecule has 0 atom stereocenters. The SMILES string of the molecule is C=C(C)/C=C(/C)C1=C(C)CCCC1. The highest BCUT2D eigenvalue weighted by atomic mass is 14.2. The summed E-state index contributed by atoms with van der Waals surface area (Å²) in [6.07, 6.45) is 7.48. The van der Waals surface area contributed by atoms with Gasteiger partial charge in [-0.15, -0.1) is 0 Å². The van der Waals surface area contributed by atoms with Gasteiger partial charge in [-0.25, -0.2) is 0 Å². The van der Waals surface area contributed by atoms with Gasteiger partial charge in [-0.05, 0) is 57.6 Å². The minimum atomic E-state index is 1.16. The van der Waals surface area contributed by atoms with E-state index in [1.54, 1.807) is 11.1 Å². The Morgan fingerprint density at radius 3 is 2.38 bits per heavy atom. The van der Waals surface area contributed by atoms with Gasteiger partial charge in [0.15, 0.2) is 0 Å². The Labute approximate surface area is 82.0 Å². The van der Waals surface area contributed by atoms with E-state index in [9.17, 15) is 0 Å². The minimum absolute atomic E-state index is 1.16. The Morgan fingerprint density at radius 1 is 1.23 bits per heavy atom. The van der Waals surface area contributed by atoms with Gasteiger partial charge in [-0.1, -0.05) is 23.8 Å². The van der Waals surface area contributed by atoms with Crippen LogP contribution in [0.25, 0.3) is 0 Å². The smallest absolute Gasteiger partial charge is 0.0277 e. The van der Waals surface area contributed by atoms with E-state index >= 15 is 0 Å². The summed E-state index contributed by atoms with van der Waals surface area (Å²) in [7, 11) is 0. The normalized spacial score (nSPS) is 19.2. The standard InChI is InChI=1S/C13H20/c1-10(2)9-12(4)13-8-6-5-7-11(13)3/h9H,1,5-8H2,2-4H3/b12-9-. The summed E-state index contributed by atoms with van der Waals surface area (Å²) in [4.78, 5) is 0. The molecule has 0 nitrogen and oxygen atoms in total. The lowest BCUT2D eigenvalue weighted by atomic mass is 9.88. The highest BCUT2D eigenvalue weighted by Crippen LogP contribution is 2.29. The van der Waals surface area contributed by atoms with E-state index in [0.717, 1.165) is 5.57 Å². The molecule has 0 spiro atoms. The average molecular weight is 176 g/mol. The van der Waals surface area contributed by atoms with Gasteiger partial charge >= 0.3 is 0 Å². The van der Waals surface area contributed by atoms with Crippen molar-refractivity contribution in [2.75, 3.05) is 0 Å². The lowest BCUT2D eigenvalue weighted by Gasteiger charge is -2.18. The van der Waals surface area contributed by atoms with Crippen molar-refractivity contribution in [1.29, 1.82) is 0 Å². The van der Waals surface area contributed by atoms with Crippen LogP contribution in [0.1, 0.15) is 46.5 Å². The van der Waals surface area contributed by atoms with E-state index in [0.29, 0.717) is 0 Å². The highest BCUT2D eigenvalue weighted by molar-refractivity contribution is 5.38. The first kappa shape index (κ1) is 10.3. The molecular formula is C13H20. The van der Waals surface area contributed by atoms with E-state index in [4.69, 9.17) is 0 Å². The molecule has 72 valence electrons. The van der Waals surface area contributed by atoms with E-state index in [-0.39, 0.29) is 0 Å². The molecule has 0 saturated carbocycles. The molecule has 0 aliphatic heterocycles. The first-order chi connectivity index (χ1) is 6.11. The number of allylic oxidation sites excluding steroid dienone is 5. The van der Waals surface area contributed by atoms with Crippen molar-refractivity contribution in [3.63, 3.8) is 0 Å². The lowest BCUT2D eigenvalue weighted by Crippen LogP contribution is -1.98. The molecule has 0 N–H and O–H groups in total. The largest absolute Gasteiger partial charge is 0.0961 e. The first-order valence-electron chi connectivity index (χ1n) is 5.14. The van der Waals surface area contributed by atoms with Crippen molar-refractivity contribution in [2.45, 2.75) is 46.5 Å². The molecule has 13 heavy (non-hydrogen) atoms. The fourth-order valence-electron chi connectivity index (χ4n) is 2.05. The third kappa shape index (κ3) is 2.87. The zero-order valence-corrected chi connectivity index (χ0v) is 9.11. The van der Waals surface area contributed by atoms with Crippen LogP contribution in [0, 0.1) is 0 Å². The van der Waals surface area contributed by atoms with Gasteiger partial charge < -0.3 is 0 Å². The second-order valence-corrected chi connectivity index (χ2v) is 4.14. The van der Waals surface area contributed by atoms with Crippen molar-refractivity contribution in [3.05, 3.63) is 34.9 Å². The molecule has 0 saturated heterocycles. The maximum absolute atomic E-state index is 3.92. The zero-order valence-electron chi connectivity index (χ0n) is 9.11. The maximum atomic E-state index is 3.92. The van der Waals surface area contributed by atoms with Gasteiger partial charge in [0.25, 0.3) is 0 Å². The van der Waals surface area contributed by atoms with Crippen LogP contribution in [0.4, 0.5) is 0 Å². The van der Waals surface area contributed by atoms with Gasteiger partial charge in [-0.2, -0.15) is 0 Å². The van der Waals surface area contributed by atoms with Crippen LogP contribution in [0.15, 0.2) is 34.9 Å². The Bertz CT molecular complexity index is 264. The summed E-state index contributed by atoms with van der Waals surface area (Å²) in [6.45, 7) is 10.4. The van der Waals surface area contributed by atoms with Gasteiger partial charge in [0.05, 0.1) is 0 Å². The van der Waals surface area contributed by atoms with Gasteiger partial charge in [0.1, 0.15) is 0 Å². The predicted octanol–water partition coefficient (Wildman–Crippen LogP) is 4.40. The molecule has 0 radical (unpaired) electrons. The van der Waals surface area contributed by atoms with E-state index in [2.05, 4.69) is 33.4 Å². The monoisotopic (exact) mass is 176 g/mol. The number of hydrogen-bond acceptors (Lipinski definition) is 0. The zero-order chi connectivity index (χ0) is 9.84. The third-order valence-corrected chi connectivity index (χ3v) is 2.68. The second-order valence-electron chi connectivity index (χ2n) is 4.14. The summed E-state index contributed by atoms with van der Waals surface area (Å²) in [5, 5.41) is 0. The third-order valence-electron chi connectivity index (χ3n) is 2.68. The van der Waals surface area contributed by atoms with Crippen LogP contribution < -0.4 is 0 Å². The Morgan fingerprint density at radius 2 is 1.85 bits per heavy atom. The topological polar surface area (TPSA) is 0 Å². The molecule has 0 aromatic carbocycles. The minimum Gasteiger partial charge on any atom is -0.0961 e. The Balaban J connectivity index is 2.86. The van der Waals surface area contributed by atoms with Crippen molar-refractivity contribution >= 4 is 0 Å². The maximum Gasteiger partial charge on any atom is -0.0277 e. The van der Waals surface area contributed by atoms with Crippen LogP contribution in [-0.2, 0) is 0 Å². The average Bonchev–Trinajstić information content (AvgIpc) is 2.03. The summed E-state index contributed by atoms with van der Waals surface area (Å²) >= 11 is 0. The van der Waals surface area contributed by atoms with E-state index < -0.39 is 0 Å². The van der Waals surface area contributed by atoms with Crippen molar-refractivity contribution in [3.8, 4) is 0 Å². The fourth-order valence-corrected chi connectivity index (χ4v) is 2.05. The van der Waals surface area contributed by atoms with Crippen molar-refractivity contribution < 1.29 is 0 Å². The predicted molar refractivity (Wildman–Crippen MR) is 59.7 cm³/mol. The Hall–Kier alpha value is -0.780. The van der Waals surface area contributed by atoms with Crippen LogP contribution in [0.2, 0.25) is 0 Å².